The Morgan fingerprint density at radius 1 is 1.33 bits per heavy atom. The largest absolute Gasteiger partial charge is 0.375 e. The summed E-state index contributed by atoms with van der Waals surface area (Å²) in [5.41, 5.74) is 1.94. The molecule has 1 aliphatic rings. The molecule has 1 aliphatic heterocycles. The summed E-state index contributed by atoms with van der Waals surface area (Å²) in [5.74, 6) is 0. The number of allylic oxidation sites excluding steroid dienone is 1. The zero-order valence-corrected chi connectivity index (χ0v) is 11.0. The van der Waals surface area contributed by atoms with Crippen molar-refractivity contribution in [2.75, 3.05) is 13.2 Å². The van der Waals surface area contributed by atoms with Crippen molar-refractivity contribution in [1.82, 2.24) is 10.2 Å². The molecule has 3 heteroatoms. The molecule has 1 heterocycles. The lowest BCUT2D eigenvalue weighted by Crippen LogP contribution is -2.42. The van der Waals surface area contributed by atoms with Crippen LogP contribution in [0.3, 0.4) is 0 Å². The van der Waals surface area contributed by atoms with E-state index in [4.69, 9.17) is 0 Å². The molecule has 0 bridgehead atoms. The van der Waals surface area contributed by atoms with Crippen LogP contribution in [0.4, 0.5) is 0 Å². The molecule has 1 aromatic carbocycles. The Labute approximate surface area is 108 Å². The quantitative estimate of drug-likeness (QED) is 0.824. The van der Waals surface area contributed by atoms with Crippen molar-refractivity contribution >= 4 is 6.29 Å². The first kappa shape index (κ1) is 12.8. The summed E-state index contributed by atoms with van der Waals surface area (Å²) in [6, 6.07) is 10.4. The van der Waals surface area contributed by atoms with Crippen LogP contribution in [-0.2, 0) is 11.3 Å². The van der Waals surface area contributed by atoms with E-state index >= 15 is 0 Å². The van der Waals surface area contributed by atoms with E-state index in [0.717, 1.165) is 31.7 Å². The van der Waals surface area contributed by atoms with E-state index in [1.165, 1.54) is 5.56 Å². The van der Waals surface area contributed by atoms with Gasteiger partial charge in [-0.3, -0.25) is 4.90 Å². The number of hydrogen-bond donors (Lipinski definition) is 1. The van der Waals surface area contributed by atoms with Crippen molar-refractivity contribution in [1.29, 1.82) is 0 Å². The van der Waals surface area contributed by atoms with Gasteiger partial charge in [-0.1, -0.05) is 36.4 Å². The Hall–Kier alpha value is -1.61. The Bertz CT molecular complexity index is 437. The highest BCUT2D eigenvalue weighted by molar-refractivity contribution is 5.63. The van der Waals surface area contributed by atoms with E-state index in [9.17, 15) is 4.79 Å². The number of carbonyl (C=O) groups excluding carboxylic acids is 1. The second-order valence-corrected chi connectivity index (χ2v) is 5.29. The zero-order valence-electron chi connectivity index (χ0n) is 11.0. The molecule has 0 atom stereocenters. The minimum Gasteiger partial charge on any atom is -0.375 e. The van der Waals surface area contributed by atoms with E-state index in [1.54, 1.807) is 0 Å². The Morgan fingerprint density at radius 3 is 2.61 bits per heavy atom. The number of aldehydes is 1. The van der Waals surface area contributed by atoms with Crippen molar-refractivity contribution in [3.8, 4) is 0 Å². The van der Waals surface area contributed by atoms with Gasteiger partial charge < -0.3 is 10.1 Å². The van der Waals surface area contributed by atoms with Crippen molar-refractivity contribution in [3.63, 3.8) is 0 Å². The first-order valence-corrected chi connectivity index (χ1v) is 6.29. The normalized spacial score (nSPS) is 16.9. The fourth-order valence-electron chi connectivity index (χ4n) is 2.07. The summed E-state index contributed by atoms with van der Waals surface area (Å²) in [6.45, 7) is 6.48. The summed E-state index contributed by atoms with van der Waals surface area (Å²) < 4.78 is 0. The van der Waals surface area contributed by atoms with Gasteiger partial charge in [0.1, 0.15) is 6.29 Å². The van der Waals surface area contributed by atoms with Crippen LogP contribution in [0.2, 0.25) is 0 Å². The van der Waals surface area contributed by atoms with Crippen LogP contribution in [-0.4, -0.2) is 24.4 Å². The fourth-order valence-corrected chi connectivity index (χ4v) is 2.07. The summed E-state index contributed by atoms with van der Waals surface area (Å²) >= 11 is 0. The third-order valence-electron chi connectivity index (χ3n) is 3.28. The Kier molecular flexibility index (Phi) is 3.82. The molecule has 1 aromatic rings. The molecular formula is C15H20N2O. The molecule has 0 fully saturated rings. The van der Waals surface area contributed by atoms with Crippen molar-refractivity contribution in [2.45, 2.75) is 20.4 Å². The van der Waals surface area contributed by atoms with Crippen LogP contribution in [0.1, 0.15) is 19.4 Å². The first-order chi connectivity index (χ1) is 8.62. The van der Waals surface area contributed by atoms with Gasteiger partial charge in [0.15, 0.2) is 0 Å². The first-order valence-electron chi connectivity index (χ1n) is 6.29. The van der Waals surface area contributed by atoms with E-state index in [1.807, 2.05) is 19.9 Å². The lowest BCUT2D eigenvalue weighted by atomic mass is 9.90. The SMILES string of the molecule is CC(C)(C=O)C1=CCN(Cc2ccccc2)CN1. The molecule has 0 aromatic heterocycles. The third-order valence-corrected chi connectivity index (χ3v) is 3.28. The fraction of sp³-hybridized carbons (Fsp3) is 0.400. The van der Waals surface area contributed by atoms with Gasteiger partial charge in [-0.05, 0) is 19.4 Å². The van der Waals surface area contributed by atoms with E-state index in [-0.39, 0.29) is 0 Å². The predicted octanol–water partition coefficient (Wildman–Crippen LogP) is 2.16. The lowest BCUT2D eigenvalue weighted by molar-refractivity contribution is -0.113. The Morgan fingerprint density at radius 2 is 2.06 bits per heavy atom. The van der Waals surface area contributed by atoms with Crippen molar-refractivity contribution in [3.05, 3.63) is 47.7 Å². The number of hydrogen-bond acceptors (Lipinski definition) is 3. The molecule has 0 saturated carbocycles. The van der Waals surface area contributed by atoms with Gasteiger partial charge in [-0.2, -0.15) is 0 Å². The number of nitrogens with one attached hydrogen (secondary N) is 1. The molecule has 3 nitrogen and oxygen atoms in total. The predicted molar refractivity (Wildman–Crippen MR) is 72.8 cm³/mol. The maximum absolute atomic E-state index is 11.0. The molecule has 0 unspecified atom stereocenters. The van der Waals surface area contributed by atoms with Gasteiger partial charge in [0.2, 0.25) is 0 Å². The van der Waals surface area contributed by atoms with Gasteiger partial charge in [-0.25, -0.2) is 0 Å². The molecule has 1 N–H and O–H groups in total. The van der Waals surface area contributed by atoms with E-state index in [2.05, 4.69) is 40.6 Å². The van der Waals surface area contributed by atoms with E-state index in [0.29, 0.717) is 0 Å². The third kappa shape index (κ3) is 2.99. The van der Waals surface area contributed by atoms with Crippen molar-refractivity contribution in [2.24, 2.45) is 5.41 Å². The van der Waals surface area contributed by atoms with Crippen LogP contribution in [0.25, 0.3) is 0 Å². The van der Waals surface area contributed by atoms with E-state index < -0.39 is 5.41 Å². The zero-order chi connectivity index (χ0) is 13.0. The summed E-state index contributed by atoms with van der Waals surface area (Å²) in [4.78, 5) is 13.3. The lowest BCUT2D eigenvalue weighted by Gasteiger charge is -2.32. The molecule has 0 spiro atoms. The summed E-state index contributed by atoms with van der Waals surface area (Å²) in [5, 5.41) is 3.34. The molecule has 0 saturated heterocycles. The van der Waals surface area contributed by atoms with Crippen LogP contribution in [0.5, 0.6) is 0 Å². The monoisotopic (exact) mass is 244 g/mol. The second kappa shape index (κ2) is 5.36. The van der Waals surface area contributed by atoms with Gasteiger partial charge in [-0.15, -0.1) is 0 Å². The molecule has 96 valence electrons. The minimum atomic E-state index is -0.404. The molecule has 0 amide bonds. The molecule has 0 aliphatic carbocycles. The average Bonchev–Trinajstić information content (AvgIpc) is 2.40. The standard InChI is InChI=1S/C15H20N2O/c1-15(2,11-18)14-8-9-17(12-16-14)10-13-6-4-3-5-7-13/h3-8,11,16H,9-10,12H2,1-2H3. The maximum atomic E-state index is 11.0. The van der Waals surface area contributed by atoms with Gasteiger partial charge in [0.05, 0.1) is 12.1 Å². The highest BCUT2D eigenvalue weighted by atomic mass is 16.1. The van der Waals surface area contributed by atoms with Gasteiger partial charge in [0, 0.05) is 18.8 Å². The van der Waals surface area contributed by atoms with Gasteiger partial charge in [0.25, 0.3) is 0 Å². The highest BCUT2D eigenvalue weighted by Crippen LogP contribution is 2.23. The van der Waals surface area contributed by atoms with Gasteiger partial charge >= 0.3 is 0 Å². The summed E-state index contributed by atoms with van der Waals surface area (Å²) in [6.07, 6.45) is 3.11. The molecule has 0 radical (unpaired) electrons. The number of benzene rings is 1. The topological polar surface area (TPSA) is 32.3 Å². The molecular weight excluding hydrogens is 224 g/mol. The average molecular weight is 244 g/mol. The van der Waals surface area contributed by atoms with Crippen LogP contribution in [0.15, 0.2) is 42.1 Å². The molecule has 2 rings (SSSR count). The van der Waals surface area contributed by atoms with Crippen LogP contribution < -0.4 is 5.32 Å². The second-order valence-electron chi connectivity index (χ2n) is 5.29. The smallest absolute Gasteiger partial charge is 0.131 e. The number of rotatable bonds is 4. The highest BCUT2D eigenvalue weighted by Gasteiger charge is 2.25. The van der Waals surface area contributed by atoms with Crippen LogP contribution in [0, 0.1) is 5.41 Å². The number of carbonyl (C=O) groups is 1. The Balaban J connectivity index is 1.96. The molecule has 18 heavy (non-hydrogen) atoms. The maximum Gasteiger partial charge on any atom is 0.131 e. The summed E-state index contributed by atoms with van der Waals surface area (Å²) in [7, 11) is 0. The minimum absolute atomic E-state index is 0.404. The number of nitrogens with zero attached hydrogens (tertiary/aromatic N) is 1. The van der Waals surface area contributed by atoms with Crippen LogP contribution >= 0.6 is 0 Å². The van der Waals surface area contributed by atoms with Crippen molar-refractivity contribution < 1.29 is 4.79 Å².